The van der Waals surface area contributed by atoms with Crippen LogP contribution in [0.1, 0.15) is 25.7 Å². The molecule has 0 aliphatic heterocycles. The minimum atomic E-state index is 0.0546. The number of fused-ring (bicyclic) bond motifs is 1. The highest BCUT2D eigenvalue weighted by Gasteiger charge is 2.25. The summed E-state index contributed by atoms with van der Waals surface area (Å²) in [4.78, 5) is 12.2. The van der Waals surface area contributed by atoms with Crippen LogP contribution in [0, 0.1) is 5.92 Å². The summed E-state index contributed by atoms with van der Waals surface area (Å²) >= 11 is 0. The number of nitrogens with zero attached hydrogens (tertiary/aromatic N) is 3. The molecule has 0 aromatic carbocycles. The van der Waals surface area contributed by atoms with E-state index in [2.05, 4.69) is 10.4 Å². The van der Waals surface area contributed by atoms with Crippen LogP contribution in [0.5, 0.6) is 0 Å². The van der Waals surface area contributed by atoms with E-state index in [1.54, 1.807) is 16.8 Å². The summed E-state index contributed by atoms with van der Waals surface area (Å²) in [7, 11) is 2.04. The minimum absolute atomic E-state index is 0.0546. The van der Waals surface area contributed by atoms with Crippen molar-refractivity contribution in [3.05, 3.63) is 35.0 Å². The zero-order valence-electron chi connectivity index (χ0n) is 11.2. The Morgan fingerprint density at radius 3 is 3.16 bits per heavy atom. The average Bonchev–Trinajstić information content (AvgIpc) is 3.06. The third-order valence-corrected chi connectivity index (χ3v) is 4.31. The molecule has 0 amide bonds. The van der Waals surface area contributed by atoms with E-state index < -0.39 is 0 Å². The molecule has 1 fully saturated rings. The summed E-state index contributed by atoms with van der Waals surface area (Å²) in [5.74, 6) is 0.693. The first-order valence-corrected chi connectivity index (χ1v) is 6.99. The quantitative estimate of drug-likeness (QED) is 0.901. The van der Waals surface area contributed by atoms with E-state index in [9.17, 15) is 4.79 Å². The second kappa shape index (κ2) is 5.17. The SMILES string of the molecule is CNC1CCCC1CCn1ccn2nccc2c1=O. The molecule has 2 aromatic rings. The third-order valence-electron chi connectivity index (χ3n) is 4.31. The van der Waals surface area contributed by atoms with Crippen molar-refractivity contribution >= 4 is 5.52 Å². The molecule has 19 heavy (non-hydrogen) atoms. The Morgan fingerprint density at radius 2 is 2.32 bits per heavy atom. The summed E-state index contributed by atoms with van der Waals surface area (Å²) in [5, 5.41) is 7.47. The number of hydrogen-bond acceptors (Lipinski definition) is 3. The molecule has 2 heterocycles. The van der Waals surface area contributed by atoms with Crippen LogP contribution in [0.15, 0.2) is 29.5 Å². The lowest BCUT2D eigenvalue weighted by atomic mass is 10.00. The van der Waals surface area contributed by atoms with Crippen LogP contribution in [0.25, 0.3) is 5.52 Å². The number of hydrogen-bond donors (Lipinski definition) is 1. The van der Waals surface area contributed by atoms with Crippen molar-refractivity contribution in [3.8, 4) is 0 Å². The maximum atomic E-state index is 12.2. The molecule has 0 spiro atoms. The van der Waals surface area contributed by atoms with Crippen LogP contribution in [-0.2, 0) is 6.54 Å². The van der Waals surface area contributed by atoms with E-state index in [-0.39, 0.29) is 5.56 Å². The van der Waals surface area contributed by atoms with Crippen LogP contribution < -0.4 is 10.9 Å². The summed E-state index contributed by atoms with van der Waals surface area (Å²) < 4.78 is 3.44. The van der Waals surface area contributed by atoms with Crippen LogP contribution in [0.4, 0.5) is 0 Å². The fraction of sp³-hybridized carbons (Fsp3) is 0.571. The molecular weight excluding hydrogens is 240 g/mol. The number of rotatable bonds is 4. The third kappa shape index (κ3) is 2.30. The Hall–Kier alpha value is -1.62. The van der Waals surface area contributed by atoms with Gasteiger partial charge in [-0.25, -0.2) is 4.52 Å². The molecule has 5 nitrogen and oxygen atoms in total. The van der Waals surface area contributed by atoms with Gasteiger partial charge in [0.2, 0.25) is 0 Å². The number of nitrogens with one attached hydrogen (secondary N) is 1. The van der Waals surface area contributed by atoms with Gasteiger partial charge >= 0.3 is 0 Å². The van der Waals surface area contributed by atoms with E-state index in [4.69, 9.17) is 0 Å². The summed E-state index contributed by atoms with van der Waals surface area (Å²) in [6.45, 7) is 0.795. The highest BCUT2D eigenvalue weighted by molar-refractivity contribution is 5.42. The standard InChI is InChI=1S/C14H20N4O/c1-15-12-4-2-3-11(12)6-8-17-9-10-18-13(14(17)19)5-7-16-18/h5,7,9-12,15H,2-4,6,8H2,1H3. The fourth-order valence-electron chi connectivity index (χ4n) is 3.20. The van der Waals surface area contributed by atoms with Crippen molar-refractivity contribution < 1.29 is 0 Å². The summed E-state index contributed by atoms with van der Waals surface area (Å²) in [6, 6.07) is 2.39. The molecule has 0 saturated heterocycles. The van der Waals surface area contributed by atoms with E-state index in [0.29, 0.717) is 17.5 Å². The van der Waals surface area contributed by atoms with Gasteiger partial charge in [-0.15, -0.1) is 0 Å². The monoisotopic (exact) mass is 260 g/mol. The van der Waals surface area contributed by atoms with Gasteiger partial charge in [0.1, 0.15) is 5.52 Å². The molecule has 5 heteroatoms. The molecule has 1 aliphatic rings. The first-order chi connectivity index (χ1) is 9.29. The average molecular weight is 260 g/mol. The predicted octanol–water partition coefficient (Wildman–Crippen LogP) is 1.27. The molecule has 0 bridgehead atoms. The van der Waals surface area contributed by atoms with E-state index in [0.717, 1.165) is 13.0 Å². The van der Waals surface area contributed by atoms with Crippen molar-refractivity contribution in [3.63, 3.8) is 0 Å². The van der Waals surface area contributed by atoms with Gasteiger partial charge in [-0.3, -0.25) is 4.79 Å². The van der Waals surface area contributed by atoms with Gasteiger partial charge in [0.25, 0.3) is 5.56 Å². The first-order valence-electron chi connectivity index (χ1n) is 6.99. The van der Waals surface area contributed by atoms with Gasteiger partial charge < -0.3 is 9.88 Å². The molecule has 0 radical (unpaired) electrons. The minimum Gasteiger partial charge on any atom is -0.317 e. The lowest BCUT2D eigenvalue weighted by Crippen LogP contribution is -2.30. The zero-order valence-corrected chi connectivity index (χ0v) is 11.2. The van der Waals surface area contributed by atoms with Gasteiger partial charge in [-0.2, -0.15) is 5.10 Å². The molecule has 2 aromatic heterocycles. The Morgan fingerprint density at radius 1 is 1.42 bits per heavy atom. The van der Waals surface area contributed by atoms with Crippen molar-refractivity contribution in [2.45, 2.75) is 38.3 Å². The maximum Gasteiger partial charge on any atom is 0.276 e. The van der Waals surface area contributed by atoms with E-state index >= 15 is 0 Å². The van der Waals surface area contributed by atoms with Gasteiger partial charge in [-0.05, 0) is 38.3 Å². The molecule has 102 valence electrons. The smallest absolute Gasteiger partial charge is 0.276 e. The molecule has 2 atom stereocenters. The Labute approximate surface area is 112 Å². The van der Waals surface area contributed by atoms with Gasteiger partial charge in [0.05, 0.1) is 6.20 Å². The van der Waals surface area contributed by atoms with Crippen molar-refractivity contribution in [1.29, 1.82) is 0 Å². The van der Waals surface area contributed by atoms with Gasteiger partial charge in [0, 0.05) is 25.0 Å². The Bertz CT molecular complexity index is 615. The first kappa shape index (κ1) is 12.4. The van der Waals surface area contributed by atoms with Crippen molar-refractivity contribution in [2.75, 3.05) is 7.05 Å². The molecule has 1 N–H and O–H groups in total. The van der Waals surface area contributed by atoms with Gasteiger partial charge in [0.15, 0.2) is 0 Å². The highest BCUT2D eigenvalue weighted by Crippen LogP contribution is 2.28. The molecule has 2 unspecified atom stereocenters. The second-order valence-corrected chi connectivity index (χ2v) is 5.33. The van der Waals surface area contributed by atoms with Crippen molar-refractivity contribution in [2.24, 2.45) is 5.92 Å². The van der Waals surface area contributed by atoms with Crippen LogP contribution in [0.2, 0.25) is 0 Å². The van der Waals surface area contributed by atoms with Crippen LogP contribution in [0.3, 0.4) is 0 Å². The molecule has 1 saturated carbocycles. The summed E-state index contributed by atoms with van der Waals surface area (Å²) in [6.07, 6.45) is 10.2. The lowest BCUT2D eigenvalue weighted by Gasteiger charge is -2.19. The second-order valence-electron chi connectivity index (χ2n) is 5.33. The molecular formula is C14H20N4O. The normalized spacial score (nSPS) is 23.2. The Balaban J connectivity index is 1.75. The molecule has 1 aliphatic carbocycles. The zero-order chi connectivity index (χ0) is 13.2. The fourth-order valence-corrected chi connectivity index (χ4v) is 3.20. The number of aromatic nitrogens is 3. The number of aryl methyl sites for hydroxylation is 1. The Kier molecular flexibility index (Phi) is 3.38. The van der Waals surface area contributed by atoms with E-state index in [1.807, 2.05) is 24.0 Å². The predicted molar refractivity (Wildman–Crippen MR) is 74.3 cm³/mol. The lowest BCUT2D eigenvalue weighted by molar-refractivity contribution is 0.375. The van der Waals surface area contributed by atoms with Crippen molar-refractivity contribution in [1.82, 2.24) is 19.5 Å². The van der Waals surface area contributed by atoms with Gasteiger partial charge in [-0.1, -0.05) is 6.42 Å². The highest BCUT2D eigenvalue weighted by atomic mass is 16.1. The van der Waals surface area contributed by atoms with Crippen LogP contribution >= 0.6 is 0 Å². The van der Waals surface area contributed by atoms with Crippen LogP contribution in [-0.4, -0.2) is 27.3 Å². The topological polar surface area (TPSA) is 51.3 Å². The van der Waals surface area contributed by atoms with E-state index in [1.165, 1.54) is 19.3 Å². The molecule has 3 rings (SSSR count). The largest absolute Gasteiger partial charge is 0.317 e. The maximum absolute atomic E-state index is 12.2. The summed E-state index contributed by atoms with van der Waals surface area (Å²) in [5.41, 5.74) is 0.707.